The van der Waals surface area contributed by atoms with Gasteiger partial charge in [-0.3, -0.25) is 0 Å². The van der Waals surface area contributed by atoms with Crippen LogP contribution in [0.25, 0.3) is 0 Å². The molecule has 0 aromatic carbocycles. The molecule has 1 aromatic heterocycles. The molecule has 2 heterocycles. The van der Waals surface area contributed by atoms with Gasteiger partial charge in [-0.1, -0.05) is 0 Å². The van der Waals surface area contributed by atoms with Crippen LogP contribution in [0.5, 0.6) is 0 Å². The lowest BCUT2D eigenvalue weighted by atomic mass is 10.0. The molecule has 1 fully saturated rings. The van der Waals surface area contributed by atoms with Gasteiger partial charge in [0, 0.05) is 31.7 Å². The van der Waals surface area contributed by atoms with Gasteiger partial charge in [0.1, 0.15) is 0 Å². The first kappa shape index (κ1) is 8.78. The van der Waals surface area contributed by atoms with Crippen LogP contribution in [0.1, 0.15) is 5.56 Å². The van der Waals surface area contributed by atoms with Crippen molar-refractivity contribution in [2.45, 2.75) is 6.54 Å². The number of hydrogen-bond donors (Lipinski definition) is 1. The molecule has 72 valence electrons. The molecule has 1 aromatic rings. The van der Waals surface area contributed by atoms with Crippen LogP contribution in [-0.2, 0) is 6.54 Å². The van der Waals surface area contributed by atoms with Gasteiger partial charge in [0.25, 0.3) is 0 Å². The second-order valence-corrected chi connectivity index (χ2v) is 3.85. The van der Waals surface area contributed by atoms with Crippen molar-refractivity contribution in [3.8, 4) is 0 Å². The first-order valence-corrected chi connectivity index (χ1v) is 4.75. The second-order valence-electron chi connectivity index (χ2n) is 3.85. The van der Waals surface area contributed by atoms with E-state index in [9.17, 15) is 0 Å². The van der Waals surface area contributed by atoms with E-state index in [4.69, 9.17) is 4.42 Å². The Balaban J connectivity index is 1.74. The summed E-state index contributed by atoms with van der Waals surface area (Å²) in [5.74, 6) is 0.844. The lowest BCUT2D eigenvalue weighted by molar-refractivity contribution is 0.218. The summed E-state index contributed by atoms with van der Waals surface area (Å²) in [6.07, 6.45) is 3.55. The maximum absolute atomic E-state index is 5.02. The quantitative estimate of drug-likeness (QED) is 0.747. The van der Waals surface area contributed by atoms with E-state index in [1.165, 1.54) is 25.2 Å². The molecule has 1 saturated heterocycles. The molecule has 0 bridgehead atoms. The van der Waals surface area contributed by atoms with E-state index >= 15 is 0 Å². The minimum atomic E-state index is 0.844. The van der Waals surface area contributed by atoms with Gasteiger partial charge >= 0.3 is 0 Å². The molecule has 0 aliphatic carbocycles. The third-order valence-electron chi connectivity index (χ3n) is 2.47. The Morgan fingerprint density at radius 2 is 2.46 bits per heavy atom. The highest BCUT2D eigenvalue weighted by Crippen LogP contribution is 2.08. The zero-order valence-corrected chi connectivity index (χ0v) is 7.99. The summed E-state index contributed by atoms with van der Waals surface area (Å²) < 4.78 is 5.02. The van der Waals surface area contributed by atoms with Crippen molar-refractivity contribution in [1.82, 2.24) is 10.2 Å². The van der Waals surface area contributed by atoms with Gasteiger partial charge in [0.05, 0.1) is 12.5 Å². The summed E-state index contributed by atoms with van der Waals surface area (Å²) in [7, 11) is 2.16. The van der Waals surface area contributed by atoms with Gasteiger partial charge in [-0.25, -0.2) is 0 Å². The molecule has 0 atom stereocenters. The van der Waals surface area contributed by atoms with Crippen LogP contribution in [0.15, 0.2) is 23.0 Å². The van der Waals surface area contributed by atoms with E-state index in [0.717, 1.165) is 12.5 Å². The summed E-state index contributed by atoms with van der Waals surface area (Å²) >= 11 is 0. The highest BCUT2D eigenvalue weighted by molar-refractivity contribution is 5.04. The van der Waals surface area contributed by atoms with E-state index in [1.807, 2.05) is 12.3 Å². The van der Waals surface area contributed by atoms with Crippen LogP contribution in [0.2, 0.25) is 0 Å². The lowest BCUT2D eigenvalue weighted by Crippen LogP contribution is -2.47. The molecular formula is C10H16N2O. The average molecular weight is 180 g/mol. The third-order valence-corrected chi connectivity index (χ3v) is 2.47. The van der Waals surface area contributed by atoms with Gasteiger partial charge in [-0.2, -0.15) is 0 Å². The van der Waals surface area contributed by atoms with Crippen LogP contribution in [0, 0.1) is 5.92 Å². The Hall–Kier alpha value is -0.800. The fourth-order valence-electron chi connectivity index (χ4n) is 1.68. The van der Waals surface area contributed by atoms with Crippen LogP contribution >= 0.6 is 0 Å². The van der Waals surface area contributed by atoms with E-state index < -0.39 is 0 Å². The van der Waals surface area contributed by atoms with E-state index in [0.29, 0.717) is 0 Å². The summed E-state index contributed by atoms with van der Waals surface area (Å²) in [5, 5.41) is 3.28. The number of hydrogen-bond acceptors (Lipinski definition) is 3. The molecule has 1 N–H and O–H groups in total. The predicted molar refractivity (Wildman–Crippen MR) is 51.4 cm³/mol. The van der Waals surface area contributed by atoms with Gasteiger partial charge < -0.3 is 14.6 Å². The smallest absolute Gasteiger partial charge is 0.0947 e. The van der Waals surface area contributed by atoms with Crippen molar-refractivity contribution in [1.29, 1.82) is 0 Å². The highest BCUT2D eigenvalue weighted by Gasteiger charge is 2.18. The van der Waals surface area contributed by atoms with Crippen LogP contribution in [-0.4, -0.2) is 31.6 Å². The number of nitrogens with zero attached hydrogens (tertiary/aromatic N) is 1. The van der Waals surface area contributed by atoms with Crippen molar-refractivity contribution < 1.29 is 4.42 Å². The minimum Gasteiger partial charge on any atom is -0.472 e. The van der Waals surface area contributed by atoms with Gasteiger partial charge in [-0.05, 0) is 19.0 Å². The molecule has 0 amide bonds. The van der Waals surface area contributed by atoms with Crippen molar-refractivity contribution in [2.24, 2.45) is 5.92 Å². The fourth-order valence-corrected chi connectivity index (χ4v) is 1.68. The number of nitrogens with one attached hydrogen (secondary N) is 1. The maximum atomic E-state index is 5.02. The number of furan rings is 1. The SMILES string of the molecule is CN(Cc1ccoc1)CC1CNC1. The molecule has 0 saturated carbocycles. The van der Waals surface area contributed by atoms with E-state index in [2.05, 4.69) is 17.3 Å². The van der Waals surface area contributed by atoms with Crippen LogP contribution in [0.3, 0.4) is 0 Å². The Morgan fingerprint density at radius 3 is 3.00 bits per heavy atom. The van der Waals surface area contributed by atoms with Gasteiger partial charge in [0.2, 0.25) is 0 Å². The fraction of sp³-hybridized carbons (Fsp3) is 0.600. The van der Waals surface area contributed by atoms with Gasteiger partial charge in [-0.15, -0.1) is 0 Å². The van der Waals surface area contributed by atoms with Crippen LogP contribution in [0.4, 0.5) is 0 Å². The second kappa shape index (κ2) is 3.94. The lowest BCUT2D eigenvalue weighted by Gasteiger charge is -2.31. The third kappa shape index (κ3) is 2.32. The number of rotatable bonds is 4. The Bertz CT molecular complexity index is 241. The summed E-state index contributed by atoms with van der Waals surface area (Å²) in [5.41, 5.74) is 1.26. The molecule has 13 heavy (non-hydrogen) atoms. The first-order chi connectivity index (χ1) is 6.34. The molecular weight excluding hydrogens is 164 g/mol. The predicted octanol–water partition coefficient (Wildman–Crippen LogP) is 0.931. The zero-order chi connectivity index (χ0) is 9.10. The molecule has 1 aliphatic heterocycles. The van der Waals surface area contributed by atoms with Crippen molar-refractivity contribution in [3.05, 3.63) is 24.2 Å². The highest BCUT2D eigenvalue weighted by atomic mass is 16.3. The van der Waals surface area contributed by atoms with Crippen LogP contribution < -0.4 is 5.32 Å². The maximum Gasteiger partial charge on any atom is 0.0947 e. The molecule has 0 radical (unpaired) electrons. The first-order valence-electron chi connectivity index (χ1n) is 4.75. The molecule has 3 nitrogen and oxygen atoms in total. The van der Waals surface area contributed by atoms with E-state index in [-0.39, 0.29) is 0 Å². The minimum absolute atomic E-state index is 0.844. The largest absolute Gasteiger partial charge is 0.472 e. The summed E-state index contributed by atoms with van der Waals surface area (Å²) in [4.78, 5) is 2.34. The monoisotopic (exact) mass is 180 g/mol. The van der Waals surface area contributed by atoms with Crippen molar-refractivity contribution in [3.63, 3.8) is 0 Å². The average Bonchev–Trinajstić information content (AvgIpc) is 2.49. The van der Waals surface area contributed by atoms with Crippen molar-refractivity contribution >= 4 is 0 Å². The zero-order valence-electron chi connectivity index (χ0n) is 7.99. The van der Waals surface area contributed by atoms with E-state index in [1.54, 1.807) is 6.26 Å². The summed E-state index contributed by atoms with van der Waals surface area (Å²) in [6, 6.07) is 2.02. The summed E-state index contributed by atoms with van der Waals surface area (Å²) in [6.45, 7) is 4.52. The molecule has 1 aliphatic rings. The molecule has 0 unspecified atom stereocenters. The molecule has 2 rings (SSSR count). The normalized spacial score (nSPS) is 17.7. The van der Waals surface area contributed by atoms with Crippen molar-refractivity contribution in [2.75, 3.05) is 26.7 Å². The molecule has 0 spiro atoms. The Labute approximate surface area is 78.7 Å². The topological polar surface area (TPSA) is 28.4 Å². The Kier molecular flexibility index (Phi) is 2.66. The molecule has 3 heteroatoms. The Morgan fingerprint density at radius 1 is 1.62 bits per heavy atom. The standard InChI is InChI=1S/C10H16N2O/c1-12(7-10-4-11-5-10)6-9-2-3-13-8-9/h2-3,8,10-11H,4-7H2,1H3. The van der Waals surface area contributed by atoms with Gasteiger partial charge in [0.15, 0.2) is 0 Å².